The number of barbiturate groups is 2. The molecule has 0 aliphatic carbocycles. The van der Waals surface area contributed by atoms with E-state index in [4.69, 9.17) is 9.53 Å². The maximum absolute atomic E-state index is 13.6. The SMILES string of the molecule is C=O.O=C1C(=Cc2ccc(OCc3ccccc3)cc2)C(=O)N(CCc2ccccc2)C(=O)N1CCc1ccccc1.O=C1C(=Cc2ccccc2-c2ccccc2)C(=O)N(CCc2ccccc2)C(=O)N1CCc1ccccc1. The molecular formula is C68H60N4O8. The first kappa shape index (κ1) is 56.1. The normalized spacial score (nSPS) is 13.3. The van der Waals surface area contributed by atoms with Crippen LogP contribution in [0.2, 0.25) is 0 Å². The molecule has 0 radical (unpaired) electrons. The van der Waals surface area contributed by atoms with Crippen LogP contribution in [0.3, 0.4) is 0 Å². The maximum atomic E-state index is 13.6. The molecule has 8 amide bonds. The molecule has 8 aromatic rings. The fraction of sp³-hybridized carbons (Fsp3) is 0.132. The number of nitrogens with zero attached hydrogens (tertiary/aromatic N) is 4. The number of amides is 8. The zero-order chi connectivity index (χ0) is 56.1. The topological polar surface area (TPSA) is 142 Å². The third kappa shape index (κ3) is 14.7. The Morgan fingerprint density at radius 3 is 1.02 bits per heavy atom. The summed E-state index contributed by atoms with van der Waals surface area (Å²) < 4.78 is 5.86. The highest BCUT2D eigenvalue weighted by molar-refractivity contribution is 6.32. The van der Waals surface area contributed by atoms with Crippen molar-refractivity contribution in [3.05, 3.63) is 281 Å². The number of urea groups is 2. The zero-order valence-electron chi connectivity index (χ0n) is 44.2. The molecule has 80 heavy (non-hydrogen) atoms. The van der Waals surface area contributed by atoms with Gasteiger partial charge in [0.2, 0.25) is 0 Å². The van der Waals surface area contributed by atoms with Gasteiger partial charge in [0, 0.05) is 26.2 Å². The molecule has 2 aliphatic heterocycles. The quantitative estimate of drug-likeness (QED) is 0.0611. The molecule has 12 heteroatoms. The molecule has 0 spiro atoms. The molecule has 0 saturated carbocycles. The standard InChI is InChI=1S/C34H30N2O4.C33H28N2O3.CH2O/c37-32-31(24-28-16-18-30(19-17-28)40-25-29-14-8-3-9-15-29)33(38)36(23-21-27-12-6-2-7-13-27)34(39)35(32)22-20-26-10-4-1-5-11-26;36-31-30(24-28-18-10-11-19-29(28)27-16-8-3-9-17-27)32(37)35(23-21-26-14-6-2-7-15-26)33(38)34(31)22-20-25-12-4-1-5-13-25;1-2/h1-19,24H,20-23,25H2;1-19,24H,20-23H2;1H2. The minimum atomic E-state index is -0.580. The van der Waals surface area contributed by atoms with E-state index in [1.165, 1.54) is 19.6 Å². The number of hydrogen-bond acceptors (Lipinski definition) is 8. The van der Waals surface area contributed by atoms with Crippen LogP contribution < -0.4 is 4.74 Å². The number of carbonyl (C=O) groups excluding carboxylic acids is 7. The number of rotatable bonds is 18. The van der Waals surface area contributed by atoms with Gasteiger partial charge in [-0.2, -0.15) is 0 Å². The van der Waals surface area contributed by atoms with Crippen LogP contribution in [0.1, 0.15) is 38.9 Å². The van der Waals surface area contributed by atoms with Crippen LogP contribution in [0, 0.1) is 0 Å². The van der Waals surface area contributed by atoms with Gasteiger partial charge in [0.05, 0.1) is 0 Å². The highest BCUT2D eigenvalue weighted by Crippen LogP contribution is 2.29. The molecule has 2 fully saturated rings. The molecule has 0 atom stereocenters. The van der Waals surface area contributed by atoms with Gasteiger partial charge in [-0.1, -0.05) is 218 Å². The highest BCUT2D eigenvalue weighted by atomic mass is 16.5. The van der Waals surface area contributed by atoms with Gasteiger partial charge < -0.3 is 9.53 Å². The molecule has 10 rings (SSSR count). The molecule has 2 saturated heterocycles. The van der Waals surface area contributed by atoms with Crippen LogP contribution in [0.5, 0.6) is 5.75 Å². The van der Waals surface area contributed by atoms with Crippen molar-refractivity contribution in [1.29, 1.82) is 0 Å². The third-order valence-corrected chi connectivity index (χ3v) is 13.5. The summed E-state index contributed by atoms with van der Waals surface area (Å²) in [6.45, 7) is 3.18. The molecule has 8 aromatic carbocycles. The summed E-state index contributed by atoms with van der Waals surface area (Å²) in [6.07, 6.45) is 5.20. The van der Waals surface area contributed by atoms with E-state index in [1.807, 2.05) is 213 Å². The van der Waals surface area contributed by atoms with E-state index in [0.717, 1.165) is 44.5 Å². The minimum Gasteiger partial charge on any atom is -0.489 e. The number of ether oxygens (including phenoxy) is 1. The van der Waals surface area contributed by atoms with E-state index in [0.29, 0.717) is 43.6 Å². The average Bonchev–Trinajstić information content (AvgIpc) is 3.71. The molecule has 400 valence electrons. The van der Waals surface area contributed by atoms with E-state index >= 15 is 0 Å². The molecule has 12 nitrogen and oxygen atoms in total. The lowest BCUT2D eigenvalue weighted by molar-refractivity contribution is -0.137. The van der Waals surface area contributed by atoms with Crippen molar-refractivity contribution in [2.75, 3.05) is 26.2 Å². The fourth-order valence-electron chi connectivity index (χ4n) is 9.21. The summed E-state index contributed by atoms with van der Waals surface area (Å²) in [7, 11) is 0. The Hall–Kier alpha value is -10.1. The van der Waals surface area contributed by atoms with Crippen LogP contribution in [-0.2, 0) is 56.3 Å². The average molecular weight is 1060 g/mol. The Kier molecular flexibility index (Phi) is 19.9. The summed E-state index contributed by atoms with van der Waals surface area (Å²) in [5, 5.41) is 0. The lowest BCUT2D eigenvalue weighted by Gasteiger charge is -2.34. The molecule has 2 heterocycles. The van der Waals surface area contributed by atoms with Crippen molar-refractivity contribution in [3.63, 3.8) is 0 Å². The zero-order valence-corrected chi connectivity index (χ0v) is 44.2. The molecule has 0 bridgehead atoms. The summed E-state index contributed by atoms with van der Waals surface area (Å²) in [4.78, 5) is 93.8. The van der Waals surface area contributed by atoms with E-state index < -0.39 is 35.7 Å². The monoisotopic (exact) mass is 1060 g/mol. The smallest absolute Gasteiger partial charge is 0.333 e. The molecule has 0 unspecified atom stereocenters. The second kappa shape index (κ2) is 28.3. The summed E-state index contributed by atoms with van der Waals surface area (Å²) in [5.41, 5.74) is 8.37. The van der Waals surface area contributed by atoms with Crippen molar-refractivity contribution in [2.24, 2.45) is 0 Å². The highest BCUT2D eigenvalue weighted by Gasteiger charge is 2.43. The van der Waals surface area contributed by atoms with E-state index in [2.05, 4.69) is 0 Å². The molecular weight excluding hydrogens is 1000 g/mol. The first-order valence-corrected chi connectivity index (χ1v) is 26.3. The van der Waals surface area contributed by atoms with Gasteiger partial charge in [0.15, 0.2) is 0 Å². The Balaban J connectivity index is 0.000000204. The lowest BCUT2D eigenvalue weighted by Crippen LogP contribution is -2.57. The van der Waals surface area contributed by atoms with Gasteiger partial charge in [-0.3, -0.25) is 38.8 Å². The van der Waals surface area contributed by atoms with Gasteiger partial charge in [0.25, 0.3) is 23.6 Å². The van der Waals surface area contributed by atoms with E-state index in [1.54, 1.807) is 36.4 Å². The Morgan fingerprint density at radius 1 is 0.338 bits per heavy atom. The van der Waals surface area contributed by atoms with Crippen molar-refractivity contribution in [3.8, 4) is 16.9 Å². The predicted octanol–water partition coefficient (Wildman–Crippen LogP) is 11.8. The first-order chi connectivity index (χ1) is 39.2. The van der Waals surface area contributed by atoms with Gasteiger partial charge in [-0.15, -0.1) is 0 Å². The largest absolute Gasteiger partial charge is 0.489 e. The van der Waals surface area contributed by atoms with Gasteiger partial charge in [-0.25, -0.2) is 9.59 Å². The summed E-state index contributed by atoms with van der Waals surface area (Å²) in [6, 6.07) is 72.1. The second-order valence-electron chi connectivity index (χ2n) is 18.7. The predicted molar refractivity (Wildman–Crippen MR) is 310 cm³/mol. The van der Waals surface area contributed by atoms with Gasteiger partial charge >= 0.3 is 12.1 Å². The Labute approximate surface area is 466 Å². The van der Waals surface area contributed by atoms with Crippen LogP contribution >= 0.6 is 0 Å². The first-order valence-electron chi connectivity index (χ1n) is 26.3. The lowest BCUT2D eigenvalue weighted by atomic mass is 9.97. The summed E-state index contributed by atoms with van der Waals surface area (Å²) >= 11 is 0. The van der Waals surface area contributed by atoms with Crippen molar-refractivity contribution < 1.29 is 38.3 Å². The molecule has 2 aliphatic rings. The number of imide groups is 4. The second-order valence-corrected chi connectivity index (χ2v) is 18.7. The van der Waals surface area contributed by atoms with Gasteiger partial charge in [0.1, 0.15) is 30.3 Å². The van der Waals surface area contributed by atoms with Crippen molar-refractivity contribution >= 4 is 54.6 Å². The van der Waals surface area contributed by atoms with E-state index in [-0.39, 0.29) is 37.3 Å². The van der Waals surface area contributed by atoms with Crippen molar-refractivity contribution in [1.82, 2.24) is 19.6 Å². The van der Waals surface area contributed by atoms with Gasteiger partial charge in [-0.05, 0) is 100 Å². The Bertz CT molecular complexity index is 3300. The summed E-state index contributed by atoms with van der Waals surface area (Å²) in [5.74, 6) is -1.60. The number of hydrogen-bond donors (Lipinski definition) is 0. The van der Waals surface area contributed by atoms with Crippen molar-refractivity contribution in [2.45, 2.75) is 32.3 Å². The van der Waals surface area contributed by atoms with E-state index in [9.17, 15) is 28.8 Å². The minimum absolute atomic E-state index is 0.00546. The van der Waals surface area contributed by atoms with Crippen LogP contribution in [0.15, 0.2) is 242 Å². The Morgan fingerprint density at radius 2 is 0.650 bits per heavy atom. The van der Waals surface area contributed by atoms with Crippen LogP contribution in [0.4, 0.5) is 9.59 Å². The maximum Gasteiger partial charge on any atom is 0.333 e. The molecule has 0 N–H and O–H groups in total. The number of benzene rings is 8. The molecule has 0 aromatic heterocycles. The van der Waals surface area contributed by atoms with Crippen LogP contribution in [-0.4, -0.2) is 88.3 Å². The fourth-order valence-corrected chi connectivity index (χ4v) is 9.21. The number of carbonyl (C=O) groups is 7. The van der Waals surface area contributed by atoms with Crippen LogP contribution in [0.25, 0.3) is 23.3 Å². The third-order valence-electron chi connectivity index (χ3n) is 13.5.